The van der Waals surface area contributed by atoms with Crippen molar-refractivity contribution in [3.8, 4) is 51.0 Å². The fourth-order valence-corrected chi connectivity index (χ4v) is 8.89. The smallest absolute Gasteiger partial charge is 0.238 e. The predicted octanol–water partition coefficient (Wildman–Crippen LogP) is 11.5. The molecule has 4 nitrogen and oxygen atoms in total. The molecule has 0 aliphatic heterocycles. The van der Waals surface area contributed by atoms with Crippen molar-refractivity contribution in [2.24, 2.45) is 0 Å². The molecule has 48 heavy (non-hydrogen) atoms. The monoisotopic (exact) mass is 628 g/mol. The lowest BCUT2D eigenvalue weighted by atomic mass is 9.99. The van der Waals surface area contributed by atoms with E-state index in [0.29, 0.717) is 17.6 Å². The van der Waals surface area contributed by atoms with Crippen LogP contribution in [-0.2, 0) is 0 Å². The van der Waals surface area contributed by atoms with E-state index in [0.717, 1.165) is 22.2 Å². The molecular formula is C43H24N4S. The Morgan fingerprint density at radius 2 is 1.04 bits per heavy atom. The summed E-state index contributed by atoms with van der Waals surface area (Å²) in [5.74, 6) is 1.92. The number of nitrogens with zero attached hydrogens (tertiary/aromatic N) is 4. The summed E-state index contributed by atoms with van der Waals surface area (Å²) >= 11 is 1.83. The van der Waals surface area contributed by atoms with Gasteiger partial charge in [-0.2, -0.15) is 9.97 Å². The van der Waals surface area contributed by atoms with Gasteiger partial charge in [-0.1, -0.05) is 115 Å². The van der Waals surface area contributed by atoms with Crippen molar-refractivity contribution in [2.45, 2.75) is 0 Å². The van der Waals surface area contributed by atoms with Crippen molar-refractivity contribution in [1.82, 2.24) is 19.5 Å². The zero-order valence-electron chi connectivity index (χ0n) is 25.6. The second-order valence-electron chi connectivity index (χ2n) is 12.4. The number of thiophene rings is 1. The van der Waals surface area contributed by atoms with Gasteiger partial charge in [-0.05, 0) is 63.4 Å². The van der Waals surface area contributed by atoms with Crippen LogP contribution in [-0.4, -0.2) is 19.5 Å². The van der Waals surface area contributed by atoms with Gasteiger partial charge < -0.3 is 0 Å². The van der Waals surface area contributed by atoms with Gasteiger partial charge in [0.05, 0.1) is 11.0 Å². The quantitative estimate of drug-likeness (QED) is 0.196. The van der Waals surface area contributed by atoms with E-state index in [1.54, 1.807) is 0 Å². The van der Waals surface area contributed by atoms with Crippen molar-refractivity contribution in [2.75, 3.05) is 0 Å². The van der Waals surface area contributed by atoms with Crippen LogP contribution in [0.2, 0.25) is 0 Å². The summed E-state index contributed by atoms with van der Waals surface area (Å²) in [5, 5.41) is 7.39. The Kier molecular flexibility index (Phi) is 5.23. The molecule has 0 radical (unpaired) electrons. The van der Waals surface area contributed by atoms with Crippen molar-refractivity contribution >= 4 is 64.1 Å². The van der Waals surface area contributed by atoms with Gasteiger partial charge in [-0.3, -0.25) is 4.57 Å². The van der Waals surface area contributed by atoms with Gasteiger partial charge in [-0.25, -0.2) is 4.98 Å². The molecule has 0 fully saturated rings. The molecule has 0 bridgehead atoms. The lowest BCUT2D eigenvalue weighted by Gasteiger charge is -2.11. The average Bonchev–Trinajstić information content (AvgIpc) is 3.79. The second-order valence-corrected chi connectivity index (χ2v) is 13.5. The number of fused-ring (bicyclic) bond motifs is 9. The van der Waals surface area contributed by atoms with Crippen molar-refractivity contribution in [1.29, 1.82) is 0 Å². The molecule has 10 aromatic rings. The molecule has 0 amide bonds. The zero-order valence-corrected chi connectivity index (χ0v) is 26.4. The fraction of sp³-hybridized carbons (Fsp3) is 0. The summed E-state index contributed by atoms with van der Waals surface area (Å²) in [6, 6.07) is 51.8. The molecule has 0 N–H and O–H groups in total. The number of hydrogen-bond acceptors (Lipinski definition) is 4. The Balaban J connectivity index is 1.21. The Bertz CT molecular complexity index is 2900. The summed E-state index contributed by atoms with van der Waals surface area (Å²) in [7, 11) is 0. The van der Waals surface area contributed by atoms with Gasteiger partial charge in [0.2, 0.25) is 5.95 Å². The van der Waals surface area contributed by atoms with Crippen LogP contribution in [0.3, 0.4) is 0 Å². The van der Waals surface area contributed by atoms with Crippen LogP contribution in [0, 0.1) is 0 Å². The molecule has 3 heterocycles. The van der Waals surface area contributed by atoms with Gasteiger partial charge in [-0.15, -0.1) is 11.3 Å². The molecule has 0 saturated carbocycles. The van der Waals surface area contributed by atoms with Crippen LogP contribution in [0.15, 0.2) is 146 Å². The van der Waals surface area contributed by atoms with Gasteiger partial charge in [0.15, 0.2) is 11.6 Å². The highest BCUT2D eigenvalue weighted by molar-refractivity contribution is 7.26. The number of hydrogen-bond donors (Lipinski definition) is 0. The minimum Gasteiger partial charge on any atom is -0.278 e. The van der Waals surface area contributed by atoms with Crippen LogP contribution >= 0.6 is 11.3 Å². The van der Waals surface area contributed by atoms with E-state index in [-0.39, 0.29) is 0 Å². The molecule has 0 atom stereocenters. The predicted molar refractivity (Wildman–Crippen MR) is 200 cm³/mol. The van der Waals surface area contributed by atoms with Crippen molar-refractivity contribution in [3.05, 3.63) is 146 Å². The van der Waals surface area contributed by atoms with E-state index in [1.165, 1.54) is 64.0 Å². The molecule has 222 valence electrons. The van der Waals surface area contributed by atoms with E-state index in [9.17, 15) is 0 Å². The first-order chi connectivity index (χ1) is 23.8. The Morgan fingerprint density at radius 1 is 0.417 bits per heavy atom. The minimum atomic E-state index is 0.607. The highest BCUT2D eigenvalue weighted by Crippen LogP contribution is 2.51. The topological polar surface area (TPSA) is 43.6 Å². The maximum atomic E-state index is 5.29. The molecule has 3 aromatic heterocycles. The summed E-state index contributed by atoms with van der Waals surface area (Å²) < 4.78 is 4.66. The number of benzene rings is 7. The van der Waals surface area contributed by atoms with E-state index in [2.05, 4.69) is 132 Å². The highest BCUT2D eigenvalue weighted by Gasteiger charge is 2.24. The molecule has 1 aliphatic rings. The first-order valence-electron chi connectivity index (χ1n) is 16.1. The van der Waals surface area contributed by atoms with Gasteiger partial charge in [0.25, 0.3) is 0 Å². The minimum absolute atomic E-state index is 0.607. The third-order valence-electron chi connectivity index (χ3n) is 9.80. The van der Waals surface area contributed by atoms with Crippen LogP contribution in [0.1, 0.15) is 0 Å². The highest BCUT2D eigenvalue weighted by atomic mass is 32.1. The second kappa shape index (κ2) is 9.67. The Morgan fingerprint density at radius 3 is 1.79 bits per heavy atom. The van der Waals surface area contributed by atoms with Crippen molar-refractivity contribution in [3.63, 3.8) is 0 Å². The summed E-state index contributed by atoms with van der Waals surface area (Å²) in [6.07, 6.45) is 0. The summed E-state index contributed by atoms with van der Waals surface area (Å²) in [4.78, 5) is 15.6. The number of aromatic nitrogens is 4. The Hall–Kier alpha value is -6.17. The molecule has 0 unspecified atom stereocenters. The lowest BCUT2D eigenvalue weighted by molar-refractivity contribution is 0.954. The van der Waals surface area contributed by atoms with Gasteiger partial charge >= 0.3 is 0 Å². The third-order valence-corrected chi connectivity index (χ3v) is 10.9. The normalized spacial score (nSPS) is 12.2. The summed E-state index contributed by atoms with van der Waals surface area (Å²) in [5.41, 5.74) is 9.31. The van der Waals surface area contributed by atoms with Crippen LogP contribution in [0.4, 0.5) is 0 Å². The third kappa shape index (κ3) is 3.56. The van der Waals surface area contributed by atoms with Crippen LogP contribution < -0.4 is 0 Å². The van der Waals surface area contributed by atoms with Gasteiger partial charge in [0.1, 0.15) is 0 Å². The van der Waals surface area contributed by atoms with Crippen LogP contribution in [0.5, 0.6) is 0 Å². The lowest BCUT2D eigenvalue weighted by Crippen LogP contribution is -2.06. The molecule has 11 rings (SSSR count). The molecule has 0 saturated heterocycles. The molecule has 0 spiro atoms. The molecular weight excluding hydrogens is 605 g/mol. The Labute approximate surface area is 279 Å². The SMILES string of the molecule is c1ccc(-c2nc(-c3cccc4sc5cc6c(cc5c34)-c3cccc4cccc-6c34)nc(-n3c4ccccc4c4ccccc43)n2)cc1. The number of para-hydroxylation sites is 2. The van der Waals surface area contributed by atoms with E-state index < -0.39 is 0 Å². The largest absolute Gasteiger partial charge is 0.278 e. The average molecular weight is 629 g/mol. The molecule has 7 aromatic carbocycles. The zero-order chi connectivity index (χ0) is 31.3. The molecule has 5 heteroatoms. The first-order valence-corrected chi connectivity index (χ1v) is 16.9. The standard InChI is InChI=1S/C43H24N4S/c1-2-11-26(12-3-1)41-44-42(46-43(45-41)47-35-20-6-4-15-27(35)28-16-5-7-21-36(28)47)31-19-10-22-37-40(31)34-23-32-29-17-8-13-25-14-9-18-30(39(25)29)33(32)24-38(34)48-37/h1-24H. The van der Waals surface area contributed by atoms with Crippen molar-refractivity contribution < 1.29 is 0 Å². The first kappa shape index (κ1) is 26.0. The molecule has 1 aliphatic carbocycles. The van der Waals surface area contributed by atoms with Crippen LogP contribution in [0.25, 0.3) is 104 Å². The maximum absolute atomic E-state index is 5.29. The number of rotatable bonds is 3. The summed E-state index contributed by atoms with van der Waals surface area (Å²) in [6.45, 7) is 0. The van der Waals surface area contributed by atoms with E-state index in [4.69, 9.17) is 15.0 Å². The maximum Gasteiger partial charge on any atom is 0.238 e. The van der Waals surface area contributed by atoms with E-state index >= 15 is 0 Å². The van der Waals surface area contributed by atoms with E-state index in [1.807, 2.05) is 29.5 Å². The fourth-order valence-electron chi connectivity index (χ4n) is 7.73. The van der Waals surface area contributed by atoms with Gasteiger partial charge in [0, 0.05) is 42.1 Å².